The van der Waals surface area contributed by atoms with Crippen molar-refractivity contribution in [3.8, 4) is 0 Å². The summed E-state index contributed by atoms with van der Waals surface area (Å²) < 4.78 is 36.3. The number of halogens is 3. The zero-order valence-corrected chi connectivity index (χ0v) is 7.48. The molecule has 0 aliphatic heterocycles. The Hall–Kier alpha value is -0.250. The first-order chi connectivity index (χ1) is 6.02. The Morgan fingerprint density at radius 1 is 1.00 bits per heavy atom. The summed E-state index contributed by atoms with van der Waals surface area (Å²) in [5.41, 5.74) is 0. The molecule has 0 amide bonds. The second kappa shape index (κ2) is 4.31. The van der Waals surface area contributed by atoms with E-state index < -0.39 is 18.2 Å². The van der Waals surface area contributed by atoms with E-state index >= 15 is 0 Å². The maximum absolute atomic E-state index is 12.1. The van der Waals surface area contributed by atoms with Gasteiger partial charge in [0.2, 0.25) is 0 Å². The van der Waals surface area contributed by atoms with Crippen molar-refractivity contribution < 1.29 is 18.3 Å². The molecule has 0 aromatic heterocycles. The SMILES string of the molecule is O[C@@H](C1CCCCCC1)C(F)(F)F. The van der Waals surface area contributed by atoms with Crippen LogP contribution < -0.4 is 0 Å². The van der Waals surface area contributed by atoms with Crippen LogP contribution in [0.3, 0.4) is 0 Å². The minimum Gasteiger partial charge on any atom is -0.383 e. The molecule has 78 valence electrons. The summed E-state index contributed by atoms with van der Waals surface area (Å²) >= 11 is 0. The van der Waals surface area contributed by atoms with Gasteiger partial charge in [0.1, 0.15) is 0 Å². The zero-order valence-electron chi connectivity index (χ0n) is 7.48. The molecule has 0 radical (unpaired) electrons. The van der Waals surface area contributed by atoms with Gasteiger partial charge in [-0.05, 0) is 18.8 Å². The molecular weight excluding hydrogens is 181 g/mol. The first-order valence-electron chi connectivity index (χ1n) is 4.76. The van der Waals surface area contributed by atoms with Gasteiger partial charge in [-0.3, -0.25) is 0 Å². The van der Waals surface area contributed by atoms with E-state index in [0.29, 0.717) is 12.8 Å². The minimum absolute atomic E-state index is 0.515. The molecule has 1 N–H and O–H groups in total. The van der Waals surface area contributed by atoms with Gasteiger partial charge < -0.3 is 5.11 Å². The van der Waals surface area contributed by atoms with Crippen molar-refractivity contribution in [3.05, 3.63) is 0 Å². The predicted octanol–water partition coefficient (Wildman–Crippen LogP) is 2.88. The van der Waals surface area contributed by atoms with E-state index in [2.05, 4.69) is 0 Å². The molecule has 1 atom stereocenters. The fourth-order valence-electron chi connectivity index (χ4n) is 1.89. The third kappa shape index (κ3) is 3.18. The van der Waals surface area contributed by atoms with Crippen molar-refractivity contribution in [2.45, 2.75) is 50.8 Å². The fraction of sp³-hybridized carbons (Fsp3) is 1.00. The quantitative estimate of drug-likeness (QED) is 0.639. The molecule has 0 saturated heterocycles. The molecule has 1 rings (SSSR count). The first kappa shape index (κ1) is 10.8. The highest BCUT2D eigenvalue weighted by Gasteiger charge is 2.42. The fourth-order valence-corrected chi connectivity index (χ4v) is 1.89. The molecule has 0 aromatic carbocycles. The number of hydrogen-bond donors (Lipinski definition) is 1. The second-order valence-electron chi connectivity index (χ2n) is 3.74. The third-order valence-corrected chi connectivity index (χ3v) is 2.68. The normalized spacial score (nSPS) is 24.0. The van der Waals surface area contributed by atoms with E-state index in [1.54, 1.807) is 0 Å². The molecule has 0 spiro atoms. The summed E-state index contributed by atoms with van der Waals surface area (Å²) in [7, 11) is 0. The van der Waals surface area contributed by atoms with Gasteiger partial charge in [-0.2, -0.15) is 13.2 Å². The van der Waals surface area contributed by atoms with Crippen molar-refractivity contribution in [3.63, 3.8) is 0 Å². The molecule has 1 saturated carbocycles. The van der Waals surface area contributed by atoms with Gasteiger partial charge in [0, 0.05) is 0 Å². The lowest BCUT2D eigenvalue weighted by Gasteiger charge is -2.23. The number of aliphatic hydroxyl groups is 1. The van der Waals surface area contributed by atoms with Gasteiger partial charge in [0.25, 0.3) is 0 Å². The van der Waals surface area contributed by atoms with Crippen LogP contribution in [0.2, 0.25) is 0 Å². The van der Waals surface area contributed by atoms with Gasteiger partial charge in [0.05, 0.1) is 0 Å². The summed E-state index contributed by atoms with van der Waals surface area (Å²) in [4.78, 5) is 0. The van der Waals surface area contributed by atoms with Crippen LogP contribution in [0.25, 0.3) is 0 Å². The highest BCUT2D eigenvalue weighted by atomic mass is 19.4. The highest BCUT2D eigenvalue weighted by Crippen LogP contribution is 2.33. The minimum atomic E-state index is -4.44. The largest absolute Gasteiger partial charge is 0.414 e. The number of rotatable bonds is 1. The van der Waals surface area contributed by atoms with Crippen molar-refractivity contribution in [1.29, 1.82) is 0 Å². The average Bonchev–Trinajstić information content (AvgIpc) is 2.28. The van der Waals surface area contributed by atoms with Crippen LogP contribution in [0, 0.1) is 5.92 Å². The Morgan fingerprint density at radius 2 is 1.46 bits per heavy atom. The lowest BCUT2D eigenvalue weighted by molar-refractivity contribution is -0.220. The molecule has 1 aliphatic carbocycles. The van der Waals surface area contributed by atoms with Gasteiger partial charge in [0.15, 0.2) is 6.10 Å². The molecule has 0 bridgehead atoms. The van der Waals surface area contributed by atoms with Crippen molar-refractivity contribution >= 4 is 0 Å². The predicted molar refractivity (Wildman–Crippen MR) is 43.3 cm³/mol. The van der Waals surface area contributed by atoms with Crippen LogP contribution >= 0.6 is 0 Å². The lowest BCUT2D eigenvalue weighted by atomic mass is 9.94. The van der Waals surface area contributed by atoms with E-state index in [0.717, 1.165) is 25.7 Å². The summed E-state index contributed by atoms with van der Waals surface area (Å²) in [5.74, 6) is -0.567. The molecule has 0 aromatic rings. The Labute approximate surface area is 75.9 Å². The second-order valence-corrected chi connectivity index (χ2v) is 3.74. The Balaban J connectivity index is 2.48. The van der Waals surface area contributed by atoms with Crippen LogP contribution in [-0.2, 0) is 0 Å². The van der Waals surface area contributed by atoms with Gasteiger partial charge >= 0.3 is 6.18 Å². The zero-order chi connectivity index (χ0) is 9.90. The molecule has 13 heavy (non-hydrogen) atoms. The molecule has 0 unspecified atom stereocenters. The molecule has 1 aliphatic rings. The van der Waals surface area contributed by atoms with E-state index in [1.807, 2.05) is 0 Å². The highest BCUT2D eigenvalue weighted by molar-refractivity contribution is 4.77. The molecule has 1 fully saturated rings. The smallest absolute Gasteiger partial charge is 0.383 e. The van der Waals surface area contributed by atoms with E-state index in [9.17, 15) is 13.2 Å². The van der Waals surface area contributed by atoms with Crippen LogP contribution in [0.1, 0.15) is 38.5 Å². The van der Waals surface area contributed by atoms with Gasteiger partial charge in [-0.15, -0.1) is 0 Å². The Morgan fingerprint density at radius 3 is 1.85 bits per heavy atom. The number of aliphatic hydroxyl groups excluding tert-OH is 1. The van der Waals surface area contributed by atoms with Crippen LogP contribution in [0.5, 0.6) is 0 Å². The van der Waals surface area contributed by atoms with Crippen molar-refractivity contribution in [2.75, 3.05) is 0 Å². The summed E-state index contributed by atoms with van der Waals surface area (Å²) in [5, 5.41) is 9.01. The maximum Gasteiger partial charge on any atom is 0.414 e. The lowest BCUT2D eigenvalue weighted by Crippen LogP contribution is -2.35. The summed E-state index contributed by atoms with van der Waals surface area (Å²) in [6.45, 7) is 0. The summed E-state index contributed by atoms with van der Waals surface area (Å²) in [6, 6.07) is 0. The van der Waals surface area contributed by atoms with Gasteiger partial charge in [-0.1, -0.05) is 25.7 Å². The van der Waals surface area contributed by atoms with Crippen molar-refractivity contribution in [2.24, 2.45) is 5.92 Å². The molecule has 1 nitrogen and oxygen atoms in total. The first-order valence-corrected chi connectivity index (χ1v) is 4.76. The monoisotopic (exact) mass is 196 g/mol. The van der Waals surface area contributed by atoms with Crippen LogP contribution in [-0.4, -0.2) is 17.4 Å². The average molecular weight is 196 g/mol. The van der Waals surface area contributed by atoms with Crippen LogP contribution in [0.15, 0.2) is 0 Å². The van der Waals surface area contributed by atoms with Gasteiger partial charge in [-0.25, -0.2) is 0 Å². The van der Waals surface area contributed by atoms with E-state index in [4.69, 9.17) is 5.11 Å². The maximum atomic E-state index is 12.1. The number of hydrogen-bond acceptors (Lipinski definition) is 1. The molecule has 4 heteroatoms. The Kier molecular flexibility index (Phi) is 3.59. The van der Waals surface area contributed by atoms with Crippen molar-refractivity contribution in [1.82, 2.24) is 0 Å². The Bertz CT molecular complexity index is 147. The molecular formula is C9H15F3O. The standard InChI is InChI=1S/C9H15F3O/c10-9(11,12)8(13)7-5-3-1-2-4-6-7/h7-8,13H,1-6H2/t8-/m0/s1. The van der Waals surface area contributed by atoms with E-state index in [1.165, 1.54) is 0 Å². The topological polar surface area (TPSA) is 20.2 Å². The van der Waals surface area contributed by atoms with Crippen LogP contribution in [0.4, 0.5) is 13.2 Å². The number of alkyl halides is 3. The third-order valence-electron chi connectivity index (χ3n) is 2.68. The van der Waals surface area contributed by atoms with E-state index in [-0.39, 0.29) is 0 Å². The summed E-state index contributed by atoms with van der Waals surface area (Å²) in [6.07, 6.45) is -1.88. The molecule has 0 heterocycles.